The molecule has 30 heavy (non-hydrogen) atoms. The molecule has 4 rings (SSSR count). The number of hydrogen-bond acceptors (Lipinski definition) is 3. The van der Waals surface area contributed by atoms with E-state index >= 15 is 0 Å². The molecule has 2 atom stereocenters. The summed E-state index contributed by atoms with van der Waals surface area (Å²) in [4.78, 5) is 13.3. The summed E-state index contributed by atoms with van der Waals surface area (Å²) < 4.78 is 5.97. The lowest BCUT2D eigenvalue weighted by molar-refractivity contribution is 0.0912. The third kappa shape index (κ3) is 4.42. The zero-order chi connectivity index (χ0) is 20.9. The van der Waals surface area contributed by atoms with Gasteiger partial charge in [0.15, 0.2) is 10.9 Å². The van der Waals surface area contributed by atoms with Gasteiger partial charge in [0.1, 0.15) is 12.4 Å². The van der Waals surface area contributed by atoms with E-state index in [1.807, 2.05) is 84.9 Å². The molecule has 1 aliphatic rings. The number of benzene rings is 3. The number of Topliss-reactive ketones (excluding diaryl/α,β-unsaturated/α-hetero) is 1. The van der Waals surface area contributed by atoms with E-state index in [9.17, 15) is 4.79 Å². The molecule has 0 saturated carbocycles. The van der Waals surface area contributed by atoms with Crippen LogP contribution >= 0.6 is 12.2 Å². The second-order valence-electron chi connectivity index (χ2n) is 7.16. The topological polar surface area (TPSA) is 50.4 Å². The van der Waals surface area contributed by atoms with Crippen LogP contribution in [-0.4, -0.2) is 10.9 Å². The van der Waals surface area contributed by atoms with E-state index < -0.39 is 5.92 Å². The summed E-state index contributed by atoms with van der Waals surface area (Å²) in [7, 11) is 0. The summed E-state index contributed by atoms with van der Waals surface area (Å²) in [6.45, 7) is 4.55. The highest BCUT2D eigenvalue weighted by molar-refractivity contribution is 7.80. The van der Waals surface area contributed by atoms with E-state index in [0.717, 1.165) is 16.9 Å². The Hall–Kier alpha value is -3.44. The SMILES string of the molecule is C=C1NC(=S)N[C@@H](c2cccc(OCc3ccccc3)c2)[C@@H]1C(=O)c1ccccc1. The monoisotopic (exact) mass is 414 g/mol. The highest BCUT2D eigenvalue weighted by Gasteiger charge is 2.37. The fourth-order valence-corrected chi connectivity index (χ4v) is 3.85. The summed E-state index contributed by atoms with van der Waals surface area (Å²) in [6.07, 6.45) is 0. The van der Waals surface area contributed by atoms with Crippen LogP contribution in [0.4, 0.5) is 0 Å². The van der Waals surface area contributed by atoms with E-state index in [1.165, 1.54) is 0 Å². The third-order valence-electron chi connectivity index (χ3n) is 5.08. The molecule has 2 N–H and O–H groups in total. The predicted molar refractivity (Wildman–Crippen MR) is 122 cm³/mol. The number of ether oxygens (including phenoxy) is 1. The minimum Gasteiger partial charge on any atom is -0.489 e. The standard InChI is InChI=1S/C25H22N2O2S/c1-17-22(24(28)19-11-6-3-7-12-19)23(27-25(30)26-17)20-13-8-14-21(15-20)29-16-18-9-4-2-5-10-18/h2-15,22-23H,1,16H2,(H2,26,27,30)/t22-,23+/m1/s1. The second kappa shape index (κ2) is 8.93. The van der Waals surface area contributed by atoms with Crippen LogP contribution in [0.25, 0.3) is 0 Å². The predicted octanol–water partition coefficient (Wildman–Crippen LogP) is 4.80. The largest absolute Gasteiger partial charge is 0.489 e. The van der Waals surface area contributed by atoms with Gasteiger partial charge in [0.25, 0.3) is 0 Å². The van der Waals surface area contributed by atoms with Crippen molar-refractivity contribution in [3.63, 3.8) is 0 Å². The maximum Gasteiger partial charge on any atom is 0.174 e. The molecule has 150 valence electrons. The molecule has 1 fully saturated rings. The van der Waals surface area contributed by atoms with Gasteiger partial charge >= 0.3 is 0 Å². The Morgan fingerprint density at radius 2 is 1.67 bits per heavy atom. The minimum absolute atomic E-state index is 0.0105. The van der Waals surface area contributed by atoms with E-state index in [2.05, 4.69) is 17.2 Å². The van der Waals surface area contributed by atoms with Crippen molar-refractivity contribution in [1.82, 2.24) is 10.6 Å². The van der Waals surface area contributed by atoms with Crippen LogP contribution in [0.15, 0.2) is 97.2 Å². The van der Waals surface area contributed by atoms with Crippen molar-refractivity contribution in [2.24, 2.45) is 5.92 Å². The van der Waals surface area contributed by atoms with Crippen LogP contribution in [0, 0.1) is 5.92 Å². The minimum atomic E-state index is -0.497. The van der Waals surface area contributed by atoms with Gasteiger partial charge in [0.05, 0.1) is 12.0 Å². The van der Waals surface area contributed by atoms with Crippen molar-refractivity contribution in [3.05, 3.63) is 114 Å². The Balaban J connectivity index is 1.60. The highest BCUT2D eigenvalue weighted by atomic mass is 32.1. The van der Waals surface area contributed by atoms with Crippen molar-refractivity contribution in [3.8, 4) is 5.75 Å². The van der Waals surface area contributed by atoms with E-state index in [4.69, 9.17) is 17.0 Å². The van der Waals surface area contributed by atoms with Crippen molar-refractivity contribution in [2.75, 3.05) is 0 Å². The fourth-order valence-electron chi connectivity index (χ4n) is 3.59. The van der Waals surface area contributed by atoms with Crippen LogP contribution in [0.1, 0.15) is 27.5 Å². The average Bonchev–Trinajstić information content (AvgIpc) is 2.78. The van der Waals surface area contributed by atoms with Gasteiger partial charge < -0.3 is 15.4 Å². The molecule has 0 spiro atoms. The molecule has 3 aromatic rings. The lowest BCUT2D eigenvalue weighted by Gasteiger charge is -2.35. The van der Waals surface area contributed by atoms with Gasteiger partial charge in [-0.2, -0.15) is 0 Å². The third-order valence-corrected chi connectivity index (χ3v) is 5.30. The first-order valence-corrected chi connectivity index (χ1v) is 10.1. The van der Waals surface area contributed by atoms with E-state index in [-0.39, 0.29) is 11.8 Å². The molecule has 3 aromatic carbocycles. The number of carbonyl (C=O) groups is 1. The van der Waals surface area contributed by atoms with E-state index in [0.29, 0.717) is 23.0 Å². The molecule has 0 aromatic heterocycles. The van der Waals surface area contributed by atoms with E-state index in [1.54, 1.807) is 0 Å². The molecule has 0 aliphatic carbocycles. The Morgan fingerprint density at radius 3 is 2.40 bits per heavy atom. The number of rotatable bonds is 6. The Labute approximate surface area is 181 Å². The molecule has 0 amide bonds. The number of nitrogens with one attached hydrogen (secondary N) is 2. The van der Waals surface area contributed by atoms with Gasteiger partial charge in [-0.15, -0.1) is 0 Å². The van der Waals surface area contributed by atoms with Crippen molar-refractivity contribution in [2.45, 2.75) is 12.6 Å². The van der Waals surface area contributed by atoms with Gasteiger partial charge in [-0.05, 0) is 35.5 Å². The Bertz CT molecular complexity index is 1070. The van der Waals surface area contributed by atoms with Crippen LogP contribution in [0.5, 0.6) is 5.75 Å². The van der Waals surface area contributed by atoms with Crippen molar-refractivity contribution >= 4 is 23.1 Å². The normalized spacial score (nSPS) is 18.3. The lowest BCUT2D eigenvalue weighted by Crippen LogP contribution is -2.50. The summed E-state index contributed by atoms with van der Waals surface area (Å²) in [5.41, 5.74) is 3.24. The summed E-state index contributed by atoms with van der Waals surface area (Å²) in [6, 6.07) is 26.7. The molecule has 0 unspecified atom stereocenters. The zero-order valence-electron chi connectivity index (χ0n) is 16.4. The first-order chi connectivity index (χ1) is 14.6. The molecular weight excluding hydrogens is 392 g/mol. The van der Waals surface area contributed by atoms with Crippen molar-refractivity contribution < 1.29 is 9.53 Å². The quantitative estimate of drug-likeness (QED) is 0.448. The molecule has 5 heteroatoms. The van der Waals surface area contributed by atoms with Gasteiger partial charge in [-0.25, -0.2) is 0 Å². The molecule has 1 saturated heterocycles. The number of thiocarbonyl (C=S) groups is 1. The van der Waals surface area contributed by atoms with Crippen LogP contribution in [-0.2, 0) is 6.61 Å². The summed E-state index contributed by atoms with van der Waals surface area (Å²) in [5, 5.41) is 6.72. The van der Waals surface area contributed by atoms with Gasteiger partial charge in [0, 0.05) is 11.3 Å². The molecular formula is C25H22N2O2S. The molecule has 1 aliphatic heterocycles. The maximum atomic E-state index is 13.3. The maximum absolute atomic E-state index is 13.3. The zero-order valence-corrected chi connectivity index (χ0v) is 17.2. The lowest BCUT2D eigenvalue weighted by atomic mass is 9.83. The van der Waals surface area contributed by atoms with Gasteiger partial charge in [0.2, 0.25) is 0 Å². The number of ketones is 1. The Morgan fingerprint density at radius 1 is 0.967 bits per heavy atom. The Kier molecular flexibility index (Phi) is 5.91. The smallest absolute Gasteiger partial charge is 0.174 e. The molecule has 4 nitrogen and oxygen atoms in total. The molecule has 0 radical (unpaired) electrons. The fraction of sp³-hybridized carbons (Fsp3) is 0.120. The first-order valence-electron chi connectivity index (χ1n) is 9.74. The van der Waals surface area contributed by atoms with Crippen LogP contribution < -0.4 is 15.4 Å². The second-order valence-corrected chi connectivity index (χ2v) is 7.56. The highest BCUT2D eigenvalue weighted by Crippen LogP contribution is 2.33. The summed E-state index contributed by atoms with van der Waals surface area (Å²) in [5.74, 6) is 0.228. The van der Waals surface area contributed by atoms with Crippen LogP contribution in [0.2, 0.25) is 0 Å². The molecule has 1 heterocycles. The number of hydrogen-bond donors (Lipinski definition) is 2. The number of carbonyl (C=O) groups excluding carboxylic acids is 1. The van der Waals surface area contributed by atoms with Crippen LogP contribution in [0.3, 0.4) is 0 Å². The van der Waals surface area contributed by atoms with Gasteiger partial charge in [-0.3, -0.25) is 4.79 Å². The first kappa shape index (κ1) is 19.9. The molecule has 0 bridgehead atoms. The van der Waals surface area contributed by atoms with Crippen molar-refractivity contribution in [1.29, 1.82) is 0 Å². The average molecular weight is 415 g/mol. The summed E-state index contributed by atoms with van der Waals surface area (Å²) >= 11 is 5.34. The van der Waals surface area contributed by atoms with Gasteiger partial charge in [-0.1, -0.05) is 79.4 Å².